The van der Waals surface area contributed by atoms with E-state index in [2.05, 4.69) is 159 Å². The summed E-state index contributed by atoms with van der Waals surface area (Å²) in [5.74, 6) is 0. The van der Waals surface area contributed by atoms with E-state index >= 15 is 0 Å². The van der Waals surface area contributed by atoms with Crippen molar-refractivity contribution in [1.29, 1.82) is 0 Å². The first-order valence-electron chi connectivity index (χ1n) is 18.8. The Morgan fingerprint density at radius 2 is 0.745 bits per heavy atom. The molecule has 11 rings (SSSR count). The topological polar surface area (TPSA) is 0 Å². The minimum absolute atomic E-state index is 0.0293. The maximum atomic E-state index is 2.58. The van der Waals surface area contributed by atoms with Crippen LogP contribution in [-0.2, 0) is 5.41 Å². The first-order chi connectivity index (χ1) is 25.2. The van der Waals surface area contributed by atoms with E-state index in [1.165, 1.54) is 109 Å². The number of hydrogen-bond acceptors (Lipinski definition) is 0. The maximum absolute atomic E-state index is 2.58. The van der Waals surface area contributed by atoms with Gasteiger partial charge in [-0.1, -0.05) is 148 Å². The summed E-state index contributed by atoms with van der Waals surface area (Å²) in [5, 5.41) is 16.1. The highest BCUT2D eigenvalue weighted by Gasteiger charge is 2.42. The molecule has 0 unspecified atom stereocenters. The smallest absolute Gasteiger partial charge is 0.0215 e. The Morgan fingerprint density at radius 1 is 0.353 bits per heavy atom. The van der Waals surface area contributed by atoms with Gasteiger partial charge in [0.1, 0.15) is 0 Å². The Hall–Kier alpha value is -5.72. The lowest BCUT2D eigenvalue weighted by molar-refractivity contribution is 0.436. The summed E-state index contributed by atoms with van der Waals surface area (Å²) in [6.45, 7) is 4.74. The maximum Gasteiger partial charge on any atom is 0.0215 e. The van der Waals surface area contributed by atoms with Crippen LogP contribution in [0.25, 0.3) is 98.0 Å². The number of benzene rings is 10. The average molecular weight is 651 g/mol. The molecule has 0 aromatic heterocycles. The van der Waals surface area contributed by atoms with Gasteiger partial charge in [-0.25, -0.2) is 0 Å². The molecule has 1 aliphatic rings. The van der Waals surface area contributed by atoms with Gasteiger partial charge in [0.05, 0.1) is 0 Å². The normalized spacial score (nSPS) is 13.8. The molecule has 0 aliphatic heterocycles. The molecule has 0 N–H and O–H groups in total. The Bertz CT molecular complexity index is 2790. The molecule has 0 bridgehead atoms. The summed E-state index contributed by atoms with van der Waals surface area (Å²) < 4.78 is 0. The fourth-order valence-electron chi connectivity index (χ4n) is 10.3. The van der Waals surface area contributed by atoms with Crippen LogP contribution in [-0.4, -0.2) is 0 Å². The van der Waals surface area contributed by atoms with Gasteiger partial charge in [-0.05, 0) is 146 Å². The third kappa shape index (κ3) is 3.91. The molecule has 0 spiro atoms. The molecule has 51 heavy (non-hydrogen) atoms. The van der Waals surface area contributed by atoms with Crippen LogP contribution in [0.4, 0.5) is 0 Å². The minimum Gasteiger partial charge on any atom is -0.0653 e. The first kappa shape index (κ1) is 29.1. The quantitative estimate of drug-likeness (QED) is 0.157. The molecule has 0 atom stereocenters. The van der Waals surface area contributed by atoms with Gasteiger partial charge in [0.15, 0.2) is 0 Å². The average Bonchev–Trinajstić information content (AvgIpc) is 3.43. The van der Waals surface area contributed by atoms with Crippen LogP contribution in [0.5, 0.6) is 0 Å². The van der Waals surface area contributed by atoms with Gasteiger partial charge in [-0.3, -0.25) is 0 Å². The van der Waals surface area contributed by atoms with Crippen molar-refractivity contribution in [2.45, 2.75) is 44.9 Å². The second-order valence-corrected chi connectivity index (χ2v) is 15.0. The molecule has 0 saturated heterocycles. The van der Waals surface area contributed by atoms with Crippen LogP contribution < -0.4 is 0 Å². The number of fused-ring (bicyclic) bond motifs is 3. The van der Waals surface area contributed by atoms with Crippen molar-refractivity contribution in [3.05, 3.63) is 157 Å². The Kier molecular flexibility index (Phi) is 6.06. The van der Waals surface area contributed by atoms with Crippen LogP contribution in [0.2, 0.25) is 0 Å². The van der Waals surface area contributed by atoms with Crippen molar-refractivity contribution >= 4 is 64.6 Å². The Morgan fingerprint density at radius 3 is 1.18 bits per heavy atom. The fraction of sp³-hybridized carbons (Fsp3) is 0.137. The highest BCUT2D eigenvalue weighted by molar-refractivity contribution is 6.27. The Balaban J connectivity index is 1.14. The summed E-state index contributed by atoms with van der Waals surface area (Å²) >= 11 is 0. The van der Waals surface area contributed by atoms with Crippen LogP contribution in [0, 0.1) is 0 Å². The van der Waals surface area contributed by atoms with E-state index in [9.17, 15) is 0 Å². The molecule has 0 fully saturated rings. The third-order valence-electron chi connectivity index (χ3n) is 12.4. The molecule has 10 aromatic rings. The molecular formula is C51H38. The van der Waals surface area contributed by atoms with Gasteiger partial charge in [-0.15, -0.1) is 0 Å². The van der Waals surface area contributed by atoms with E-state index in [0.29, 0.717) is 0 Å². The summed E-state index contributed by atoms with van der Waals surface area (Å²) in [4.78, 5) is 0. The van der Waals surface area contributed by atoms with Crippen LogP contribution in [0.1, 0.15) is 50.7 Å². The van der Waals surface area contributed by atoms with E-state index in [-0.39, 0.29) is 5.41 Å². The lowest BCUT2D eigenvalue weighted by atomic mass is 9.70. The lowest BCUT2D eigenvalue weighted by Gasteiger charge is -2.32. The molecule has 10 aromatic carbocycles. The van der Waals surface area contributed by atoms with Crippen molar-refractivity contribution in [2.75, 3.05) is 0 Å². The summed E-state index contributed by atoms with van der Waals surface area (Å²) in [6, 6.07) is 56.0. The summed E-state index contributed by atoms with van der Waals surface area (Å²) in [5.41, 5.74) is 11.1. The standard InChI is InChI=1S/C51H38/c1-3-25-51(26-4-2)45-29-35(43-27-37-13-5-9-31-17-19-33-11-7-15-41(43)49(33)47(31)37)21-23-39(45)40-24-22-36(30-46(40)51)44-28-38-14-6-10-32-18-20-34-12-8-16-42(44)50(34)48(32)38/h5-24,27-30H,3-4,25-26H2,1-2H3. The molecule has 0 radical (unpaired) electrons. The molecular weight excluding hydrogens is 613 g/mol. The van der Waals surface area contributed by atoms with Crippen molar-refractivity contribution in [3.63, 3.8) is 0 Å². The highest BCUT2D eigenvalue weighted by atomic mass is 14.4. The molecule has 0 heterocycles. The minimum atomic E-state index is -0.0293. The van der Waals surface area contributed by atoms with E-state index in [4.69, 9.17) is 0 Å². The largest absolute Gasteiger partial charge is 0.0653 e. The van der Waals surface area contributed by atoms with Gasteiger partial charge >= 0.3 is 0 Å². The van der Waals surface area contributed by atoms with Crippen LogP contribution >= 0.6 is 0 Å². The summed E-state index contributed by atoms with van der Waals surface area (Å²) in [6.07, 6.45) is 4.56. The first-order valence-corrected chi connectivity index (χ1v) is 18.8. The molecule has 1 aliphatic carbocycles. The predicted octanol–water partition coefficient (Wildman–Crippen LogP) is 14.7. The highest BCUT2D eigenvalue weighted by Crippen LogP contribution is 2.56. The SMILES string of the molecule is CCCC1(CCC)c2cc(-c3cc4cccc5ccc6cccc3c6c54)ccc2-c2ccc(-c3cc4cccc5ccc6cccc3c6c54)cc21. The van der Waals surface area contributed by atoms with Crippen molar-refractivity contribution in [2.24, 2.45) is 0 Å². The monoisotopic (exact) mass is 650 g/mol. The van der Waals surface area contributed by atoms with Crippen molar-refractivity contribution in [1.82, 2.24) is 0 Å². The van der Waals surface area contributed by atoms with Gasteiger partial charge in [0.25, 0.3) is 0 Å². The van der Waals surface area contributed by atoms with Crippen molar-refractivity contribution < 1.29 is 0 Å². The number of hydrogen-bond donors (Lipinski definition) is 0. The molecule has 0 saturated carbocycles. The van der Waals surface area contributed by atoms with Gasteiger partial charge < -0.3 is 0 Å². The fourth-order valence-corrected chi connectivity index (χ4v) is 10.3. The predicted molar refractivity (Wildman–Crippen MR) is 221 cm³/mol. The second kappa shape index (κ2) is 10.6. The van der Waals surface area contributed by atoms with Gasteiger partial charge in [0, 0.05) is 5.41 Å². The Labute approximate surface area is 298 Å². The third-order valence-corrected chi connectivity index (χ3v) is 12.4. The molecule has 0 nitrogen and oxygen atoms in total. The van der Waals surface area contributed by atoms with E-state index in [0.717, 1.165) is 25.7 Å². The van der Waals surface area contributed by atoms with Crippen LogP contribution in [0.3, 0.4) is 0 Å². The van der Waals surface area contributed by atoms with E-state index in [1.54, 1.807) is 0 Å². The van der Waals surface area contributed by atoms with Gasteiger partial charge in [-0.2, -0.15) is 0 Å². The van der Waals surface area contributed by atoms with Crippen LogP contribution in [0.15, 0.2) is 146 Å². The van der Waals surface area contributed by atoms with E-state index in [1.807, 2.05) is 0 Å². The van der Waals surface area contributed by atoms with E-state index < -0.39 is 0 Å². The zero-order valence-corrected chi connectivity index (χ0v) is 29.2. The second-order valence-electron chi connectivity index (χ2n) is 15.0. The lowest BCUT2D eigenvalue weighted by Crippen LogP contribution is -2.25. The number of rotatable bonds is 6. The van der Waals surface area contributed by atoms with Gasteiger partial charge in [0.2, 0.25) is 0 Å². The zero-order valence-electron chi connectivity index (χ0n) is 29.2. The molecule has 0 heteroatoms. The zero-order chi connectivity index (χ0) is 33.8. The summed E-state index contributed by atoms with van der Waals surface area (Å²) in [7, 11) is 0. The molecule has 0 amide bonds. The van der Waals surface area contributed by atoms with Crippen molar-refractivity contribution in [3.8, 4) is 33.4 Å². The molecule has 242 valence electrons.